The molecule has 1 aromatic carbocycles. The van der Waals surface area contributed by atoms with Crippen molar-refractivity contribution in [1.82, 2.24) is 10.2 Å². The minimum atomic E-state index is -0.395. The van der Waals surface area contributed by atoms with Crippen LogP contribution in [0.1, 0.15) is 35.9 Å². The summed E-state index contributed by atoms with van der Waals surface area (Å²) < 4.78 is 16.3. The summed E-state index contributed by atoms with van der Waals surface area (Å²) in [7, 11) is 3.16. The summed E-state index contributed by atoms with van der Waals surface area (Å²) in [5.74, 6) is 0.899. The lowest BCUT2D eigenvalue weighted by Gasteiger charge is -2.22. The minimum absolute atomic E-state index is 0.0664. The van der Waals surface area contributed by atoms with Crippen molar-refractivity contribution in [3.8, 4) is 11.5 Å². The minimum Gasteiger partial charge on any atom is -0.493 e. The summed E-state index contributed by atoms with van der Waals surface area (Å²) >= 11 is 0. The quantitative estimate of drug-likeness (QED) is 0.773. The maximum Gasteiger partial charge on any atom is 0.289 e. The molecule has 1 saturated heterocycles. The van der Waals surface area contributed by atoms with Gasteiger partial charge in [0.25, 0.3) is 5.91 Å². The molecule has 1 fully saturated rings. The summed E-state index contributed by atoms with van der Waals surface area (Å²) in [4.78, 5) is 27.5. The van der Waals surface area contributed by atoms with E-state index in [0.717, 1.165) is 5.56 Å². The number of para-hydroxylation sites is 1. The molecular formula is C22H28N2O5. The number of methoxy groups -OCH3 is 2. The first-order chi connectivity index (χ1) is 14.0. The third-order valence-corrected chi connectivity index (χ3v) is 5.19. The molecule has 0 radical (unpaired) electrons. The molecule has 0 unspecified atom stereocenters. The Bertz CT molecular complexity index is 847. The predicted molar refractivity (Wildman–Crippen MR) is 108 cm³/mol. The largest absolute Gasteiger partial charge is 0.493 e. The van der Waals surface area contributed by atoms with Crippen LogP contribution in [0, 0.1) is 11.8 Å². The number of amides is 2. The summed E-state index contributed by atoms with van der Waals surface area (Å²) in [5, 5.41) is 3.01. The molecule has 156 valence electrons. The molecule has 1 aliphatic heterocycles. The molecule has 7 heteroatoms. The van der Waals surface area contributed by atoms with Crippen molar-refractivity contribution in [3.63, 3.8) is 0 Å². The lowest BCUT2D eigenvalue weighted by atomic mass is 9.87. The summed E-state index contributed by atoms with van der Waals surface area (Å²) in [6, 6.07) is 8.93. The van der Waals surface area contributed by atoms with E-state index < -0.39 is 5.92 Å². The molecule has 29 heavy (non-hydrogen) atoms. The van der Waals surface area contributed by atoms with Gasteiger partial charge in [0.15, 0.2) is 17.3 Å². The SMILES string of the molecule is COc1cccc([C@@H]2CN(C(=O)c3ccco3)C[C@H]2C(=O)NCC(C)C)c1OC. The number of rotatable bonds is 7. The predicted octanol–water partition coefficient (Wildman–Crippen LogP) is 2.92. The van der Waals surface area contributed by atoms with Crippen LogP contribution in [-0.2, 0) is 4.79 Å². The number of furan rings is 1. The van der Waals surface area contributed by atoms with Crippen LogP contribution in [0.15, 0.2) is 41.0 Å². The van der Waals surface area contributed by atoms with Crippen LogP contribution in [0.4, 0.5) is 0 Å². The number of carbonyl (C=O) groups excluding carboxylic acids is 2. The topological polar surface area (TPSA) is 81.0 Å². The van der Waals surface area contributed by atoms with Crippen LogP contribution in [-0.4, -0.2) is 50.6 Å². The first-order valence-electron chi connectivity index (χ1n) is 9.77. The van der Waals surface area contributed by atoms with Gasteiger partial charge in [-0.05, 0) is 24.1 Å². The molecule has 2 aromatic rings. The Labute approximate surface area is 171 Å². The Morgan fingerprint density at radius 3 is 2.59 bits per heavy atom. The molecule has 7 nitrogen and oxygen atoms in total. The number of hydrogen-bond acceptors (Lipinski definition) is 5. The van der Waals surface area contributed by atoms with Crippen LogP contribution < -0.4 is 14.8 Å². The van der Waals surface area contributed by atoms with Gasteiger partial charge in [-0.15, -0.1) is 0 Å². The number of hydrogen-bond donors (Lipinski definition) is 1. The molecular weight excluding hydrogens is 372 g/mol. The van der Waals surface area contributed by atoms with Gasteiger partial charge in [-0.25, -0.2) is 0 Å². The Hall–Kier alpha value is -2.96. The van der Waals surface area contributed by atoms with Crippen LogP contribution in [0.3, 0.4) is 0 Å². The third kappa shape index (κ3) is 4.39. The van der Waals surface area contributed by atoms with Gasteiger partial charge in [0, 0.05) is 31.1 Å². The van der Waals surface area contributed by atoms with Gasteiger partial charge in [0.05, 0.1) is 26.4 Å². The number of carbonyl (C=O) groups is 2. The van der Waals surface area contributed by atoms with Gasteiger partial charge >= 0.3 is 0 Å². The maximum absolute atomic E-state index is 13.0. The third-order valence-electron chi connectivity index (χ3n) is 5.19. The molecule has 0 saturated carbocycles. The zero-order chi connectivity index (χ0) is 21.0. The van der Waals surface area contributed by atoms with Crippen molar-refractivity contribution in [2.45, 2.75) is 19.8 Å². The summed E-state index contributed by atoms with van der Waals surface area (Å²) in [5.41, 5.74) is 0.853. The van der Waals surface area contributed by atoms with E-state index >= 15 is 0 Å². The highest BCUT2D eigenvalue weighted by Gasteiger charge is 2.42. The second kappa shape index (κ2) is 9.03. The van der Waals surface area contributed by atoms with Crippen molar-refractivity contribution in [2.75, 3.05) is 33.9 Å². The lowest BCUT2D eigenvalue weighted by molar-refractivity contribution is -0.125. The molecule has 0 bridgehead atoms. The number of nitrogens with one attached hydrogen (secondary N) is 1. The van der Waals surface area contributed by atoms with Crippen LogP contribution in [0.2, 0.25) is 0 Å². The number of nitrogens with zero attached hydrogens (tertiary/aromatic N) is 1. The molecule has 3 rings (SSSR count). The highest BCUT2D eigenvalue weighted by atomic mass is 16.5. The van der Waals surface area contributed by atoms with E-state index in [4.69, 9.17) is 13.9 Å². The van der Waals surface area contributed by atoms with E-state index in [1.54, 1.807) is 31.3 Å². The lowest BCUT2D eigenvalue weighted by Crippen LogP contribution is -2.37. The normalized spacial score (nSPS) is 18.7. The number of benzene rings is 1. The summed E-state index contributed by atoms with van der Waals surface area (Å²) in [6.07, 6.45) is 1.47. The van der Waals surface area contributed by atoms with Crippen molar-refractivity contribution >= 4 is 11.8 Å². The van der Waals surface area contributed by atoms with E-state index in [0.29, 0.717) is 37.1 Å². The zero-order valence-electron chi connectivity index (χ0n) is 17.3. The molecule has 2 heterocycles. The molecule has 1 aromatic heterocycles. The van der Waals surface area contributed by atoms with Crippen molar-refractivity contribution in [2.24, 2.45) is 11.8 Å². The zero-order valence-corrected chi connectivity index (χ0v) is 17.3. The van der Waals surface area contributed by atoms with E-state index in [2.05, 4.69) is 5.32 Å². The van der Waals surface area contributed by atoms with Crippen molar-refractivity contribution in [3.05, 3.63) is 47.9 Å². The molecule has 1 aliphatic rings. The smallest absolute Gasteiger partial charge is 0.289 e. The first kappa shape index (κ1) is 20.8. The van der Waals surface area contributed by atoms with Crippen LogP contribution >= 0.6 is 0 Å². The van der Waals surface area contributed by atoms with Crippen molar-refractivity contribution < 1.29 is 23.5 Å². The summed E-state index contributed by atoms with van der Waals surface area (Å²) in [6.45, 7) is 5.38. The van der Waals surface area contributed by atoms with Crippen molar-refractivity contribution in [1.29, 1.82) is 0 Å². The monoisotopic (exact) mass is 400 g/mol. The Morgan fingerprint density at radius 2 is 1.97 bits per heavy atom. The van der Waals surface area contributed by atoms with Gasteiger partial charge < -0.3 is 24.1 Å². The van der Waals surface area contributed by atoms with Gasteiger partial charge in [-0.1, -0.05) is 26.0 Å². The van der Waals surface area contributed by atoms with Crippen LogP contribution in [0.5, 0.6) is 11.5 Å². The van der Waals surface area contributed by atoms with Crippen LogP contribution in [0.25, 0.3) is 0 Å². The number of ether oxygens (including phenoxy) is 2. The van der Waals surface area contributed by atoms with E-state index in [1.807, 2.05) is 32.0 Å². The highest BCUT2D eigenvalue weighted by Crippen LogP contribution is 2.42. The average molecular weight is 400 g/mol. The Balaban J connectivity index is 1.93. The van der Waals surface area contributed by atoms with Gasteiger partial charge in [-0.3, -0.25) is 9.59 Å². The second-order valence-electron chi connectivity index (χ2n) is 7.62. The fourth-order valence-corrected chi connectivity index (χ4v) is 3.75. The molecule has 0 aliphatic carbocycles. The second-order valence-corrected chi connectivity index (χ2v) is 7.62. The fourth-order valence-electron chi connectivity index (χ4n) is 3.75. The van der Waals surface area contributed by atoms with Gasteiger partial charge in [0.2, 0.25) is 5.91 Å². The van der Waals surface area contributed by atoms with Gasteiger partial charge in [-0.2, -0.15) is 0 Å². The highest BCUT2D eigenvalue weighted by molar-refractivity contribution is 5.93. The van der Waals surface area contributed by atoms with E-state index in [1.165, 1.54) is 6.26 Å². The Morgan fingerprint density at radius 1 is 1.17 bits per heavy atom. The fraction of sp³-hybridized carbons (Fsp3) is 0.455. The Kier molecular flexibility index (Phi) is 6.46. The van der Waals surface area contributed by atoms with Gasteiger partial charge in [0.1, 0.15) is 0 Å². The number of likely N-dealkylation sites (tertiary alicyclic amines) is 1. The standard InChI is InChI=1S/C22H28N2O5/c1-14(2)11-23-21(25)17-13-24(22(26)19-9-6-10-29-19)12-16(17)15-7-5-8-18(27-3)20(15)28-4/h5-10,14,16-17H,11-13H2,1-4H3,(H,23,25)/t16-,17+/m0/s1. The molecule has 2 atom stereocenters. The molecule has 2 amide bonds. The first-order valence-corrected chi connectivity index (χ1v) is 9.77. The van der Waals surface area contributed by atoms with E-state index in [9.17, 15) is 9.59 Å². The average Bonchev–Trinajstić information content (AvgIpc) is 3.40. The van der Waals surface area contributed by atoms with E-state index in [-0.39, 0.29) is 23.5 Å². The molecule has 0 spiro atoms. The maximum atomic E-state index is 13.0. The molecule has 1 N–H and O–H groups in total.